The van der Waals surface area contributed by atoms with Crippen LogP contribution in [0.15, 0.2) is 97.2 Å². The fraction of sp³-hybridized carbons (Fsp3) is 0.125. The summed E-state index contributed by atoms with van der Waals surface area (Å²) in [4.78, 5) is 30.4. The van der Waals surface area contributed by atoms with Gasteiger partial charge in [-0.3, -0.25) is 14.6 Å². The van der Waals surface area contributed by atoms with Crippen molar-refractivity contribution >= 4 is 40.4 Å². The van der Waals surface area contributed by atoms with E-state index in [9.17, 15) is 9.59 Å². The molecule has 0 aliphatic rings. The zero-order chi connectivity index (χ0) is 27.0. The third-order valence-corrected chi connectivity index (χ3v) is 6.12. The molecule has 2 aromatic heterocycles. The van der Waals surface area contributed by atoms with E-state index in [2.05, 4.69) is 17.2 Å². The molecule has 0 spiro atoms. The van der Waals surface area contributed by atoms with Crippen LogP contribution in [0.1, 0.15) is 51.0 Å². The van der Waals surface area contributed by atoms with Gasteiger partial charge in [-0.1, -0.05) is 49.4 Å². The molecule has 39 heavy (non-hydrogen) atoms. The van der Waals surface area contributed by atoms with E-state index in [0.717, 1.165) is 28.7 Å². The minimum atomic E-state index is -0.233. The quantitative estimate of drug-likeness (QED) is 0.170. The van der Waals surface area contributed by atoms with Crippen molar-refractivity contribution in [2.45, 2.75) is 20.1 Å². The summed E-state index contributed by atoms with van der Waals surface area (Å²) in [7, 11) is 0. The number of fused-ring (bicyclic) bond motifs is 1. The lowest BCUT2D eigenvalue weighted by atomic mass is 10.0. The molecule has 5 aromatic rings. The Morgan fingerprint density at radius 2 is 1.67 bits per heavy atom. The molecule has 3 aromatic carbocycles. The van der Waals surface area contributed by atoms with Gasteiger partial charge in [0.1, 0.15) is 6.73 Å². The number of rotatable bonds is 10. The summed E-state index contributed by atoms with van der Waals surface area (Å²) < 4.78 is 7.54. The summed E-state index contributed by atoms with van der Waals surface area (Å²) >= 11 is 0. The predicted molar refractivity (Wildman–Crippen MR) is 153 cm³/mol. The van der Waals surface area contributed by atoms with E-state index in [1.807, 2.05) is 60.7 Å². The molecule has 0 aliphatic carbocycles. The standard InChI is InChI=1S/C32H28N4O3/c1-2-19-39-22-36-30-21-25(14-16-28(30)29(35-36)17-15-26-12-6-7-18-33-26)31(37)24-11-8-13-27(20-24)34-32(38)23-9-4-3-5-10-23/h3-18,20-21H,2,19,22H2,1H3,(H,34,38)/b17-15+. The van der Waals surface area contributed by atoms with Crippen molar-refractivity contribution in [1.29, 1.82) is 0 Å². The first-order valence-corrected chi connectivity index (χ1v) is 12.8. The van der Waals surface area contributed by atoms with Gasteiger partial charge in [-0.05, 0) is 67.1 Å². The van der Waals surface area contributed by atoms with Gasteiger partial charge in [0.15, 0.2) is 5.78 Å². The number of nitrogens with zero attached hydrogens (tertiary/aromatic N) is 3. The molecule has 0 saturated heterocycles. The van der Waals surface area contributed by atoms with Crippen LogP contribution in [-0.2, 0) is 11.5 Å². The lowest BCUT2D eigenvalue weighted by Gasteiger charge is -2.08. The van der Waals surface area contributed by atoms with Crippen molar-refractivity contribution in [3.8, 4) is 0 Å². The van der Waals surface area contributed by atoms with E-state index in [0.29, 0.717) is 29.0 Å². The van der Waals surface area contributed by atoms with Gasteiger partial charge < -0.3 is 10.1 Å². The number of aromatic nitrogens is 3. The van der Waals surface area contributed by atoms with Gasteiger partial charge in [-0.2, -0.15) is 5.10 Å². The summed E-state index contributed by atoms with van der Waals surface area (Å²) in [5.41, 5.74) is 4.48. The molecule has 0 unspecified atom stereocenters. The van der Waals surface area contributed by atoms with E-state index in [1.54, 1.807) is 53.3 Å². The van der Waals surface area contributed by atoms with Crippen LogP contribution in [0.5, 0.6) is 0 Å². The molecule has 7 nitrogen and oxygen atoms in total. The number of anilines is 1. The highest BCUT2D eigenvalue weighted by Crippen LogP contribution is 2.24. The molecule has 0 radical (unpaired) electrons. The molecule has 2 heterocycles. The monoisotopic (exact) mass is 516 g/mol. The number of hydrogen-bond acceptors (Lipinski definition) is 5. The number of ketones is 1. The summed E-state index contributed by atoms with van der Waals surface area (Å²) in [5.74, 6) is -0.385. The van der Waals surface area contributed by atoms with Crippen molar-refractivity contribution in [1.82, 2.24) is 14.8 Å². The number of hydrogen-bond donors (Lipinski definition) is 1. The topological polar surface area (TPSA) is 86.1 Å². The Bertz CT molecular complexity index is 1630. The van der Waals surface area contributed by atoms with Crippen LogP contribution in [0.25, 0.3) is 23.1 Å². The molecule has 0 bridgehead atoms. The molecular weight excluding hydrogens is 488 g/mol. The lowest BCUT2D eigenvalue weighted by molar-refractivity contribution is 0.0722. The number of ether oxygens (including phenoxy) is 1. The molecule has 194 valence electrons. The Kier molecular flexibility index (Phi) is 8.00. The summed E-state index contributed by atoms with van der Waals surface area (Å²) in [6, 6.07) is 27.2. The number of nitrogens with one attached hydrogen (secondary N) is 1. The maximum absolute atomic E-state index is 13.5. The van der Waals surface area contributed by atoms with Gasteiger partial charge in [0, 0.05) is 40.6 Å². The highest BCUT2D eigenvalue weighted by atomic mass is 16.5. The Hall–Kier alpha value is -4.88. The smallest absolute Gasteiger partial charge is 0.255 e. The molecule has 1 N–H and O–H groups in total. The zero-order valence-electron chi connectivity index (χ0n) is 21.6. The van der Waals surface area contributed by atoms with E-state index in [1.165, 1.54) is 0 Å². The zero-order valence-corrected chi connectivity index (χ0v) is 21.6. The summed E-state index contributed by atoms with van der Waals surface area (Å²) in [5, 5.41) is 8.52. The normalized spacial score (nSPS) is 11.2. The van der Waals surface area contributed by atoms with Gasteiger partial charge in [0.05, 0.1) is 16.9 Å². The van der Waals surface area contributed by atoms with E-state index in [4.69, 9.17) is 9.84 Å². The number of carbonyl (C=O) groups excluding carboxylic acids is 2. The fourth-order valence-corrected chi connectivity index (χ4v) is 4.19. The van der Waals surface area contributed by atoms with Crippen LogP contribution in [-0.4, -0.2) is 33.1 Å². The largest absolute Gasteiger partial charge is 0.359 e. The Labute approximate surface area is 226 Å². The van der Waals surface area contributed by atoms with Gasteiger partial charge in [0.25, 0.3) is 5.91 Å². The Morgan fingerprint density at radius 3 is 2.46 bits per heavy atom. The van der Waals surface area contributed by atoms with Crippen molar-refractivity contribution < 1.29 is 14.3 Å². The second-order valence-electron chi connectivity index (χ2n) is 8.97. The number of carbonyl (C=O) groups is 2. The Morgan fingerprint density at radius 1 is 0.872 bits per heavy atom. The minimum absolute atomic E-state index is 0.152. The van der Waals surface area contributed by atoms with Crippen LogP contribution >= 0.6 is 0 Å². The van der Waals surface area contributed by atoms with Gasteiger partial charge in [0.2, 0.25) is 0 Å². The van der Waals surface area contributed by atoms with E-state index < -0.39 is 0 Å². The van der Waals surface area contributed by atoms with Crippen molar-refractivity contribution in [3.05, 3.63) is 125 Å². The summed E-state index contributed by atoms with van der Waals surface area (Å²) in [6.07, 6.45) is 6.47. The van der Waals surface area contributed by atoms with Crippen LogP contribution < -0.4 is 5.32 Å². The molecule has 5 rings (SSSR count). The van der Waals surface area contributed by atoms with Crippen LogP contribution in [0.4, 0.5) is 5.69 Å². The maximum atomic E-state index is 13.5. The van der Waals surface area contributed by atoms with Crippen LogP contribution in [0.3, 0.4) is 0 Å². The van der Waals surface area contributed by atoms with Gasteiger partial charge in [-0.15, -0.1) is 0 Å². The molecular formula is C32H28N4O3. The molecule has 0 saturated carbocycles. The average molecular weight is 517 g/mol. The second kappa shape index (κ2) is 12.1. The van der Waals surface area contributed by atoms with E-state index in [-0.39, 0.29) is 18.4 Å². The third kappa shape index (κ3) is 6.17. The van der Waals surface area contributed by atoms with Crippen molar-refractivity contribution in [2.24, 2.45) is 0 Å². The molecule has 0 atom stereocenters. The maximum Gasteiger partial charge on any atom is 0.255 e. The first-order valence-electron chi connectivity index (χ1n) is 12.8. The highest BCUT2D eigenvalue weighted by Gasteiger charge is 2.15. The van der Waals surface area contributed by atoms with Crippen molar-refractivity contribution in [2.75, 3.05) is 11.9 Å². The second-order valence-corrected chi connectivity index (χ2v) is 8.97. The number of pyridine rings is 1. The van der Waals surface area contributed by atoms with E-state index >= 15 is 0 Å². The third-order valence-electron chi connectivity index (χ3n) is 6.12. The number of amides is 1. The SMILES string of the molecule is CCCOCn1nc(/C=C/c2ccccn2)c2ccc(C(=O)c3cccc(NC(=O)c4ccccc4)c3)cc21. The highest BCUT2D eigenvalue weighted by molar-refractivity contribution is 6.12. The van der Waals surface area contributed by atoms with Crippen LogP contribution in [0.2, 0.25) is 0 Å². The predicted octanol–water partition coefficient (Wildman–Crippen LogP) is 6.47. The average Bonchev–Trinajstić information content (AvgIpc) is 3.33. The molecule has 1 amide bonds. The molecule has 7 heteroatoms. The van der Waals surface area contributed by atoms with Gasteiger partial charge in [-0.25, -0.2) is 4.68 Å². The van der Waals surface area contributed by atoms with Crippen LogP contribution in [0, 0.1) is 0 Å². The minimum Gasteiger partial charge on any atom is -0.359 e. The first kappa shape index (κ1) is 25.8. The lowest BCUT2D eigenvalue weighted by Crippen LogP contribution is -2.12. The summed E-state index contributed by atoms with van der Waals surface area (Å²) in [6.45, 7) is 2.94. The van der Waals surface area contributed by atoms with Crippen molar-refractivity contribution in [3.63, 3.8) is 0 Å². The Balaban J connectivity index is 1.43. The number of benzene rings is 3. The van der Waals surface area contributed by atoms with Gasteiger partial charge >= 0.3 is 0 Å². The fourth-order valence-electron chi connectivity index (χ4n) is 4.19. The first-order chi connectivity index (χ1) is 19.1. The molecule has 0 aliphatic heterocycles. The molecule has 0 fully saturated rings.